The Morgan fingerprint density at radius 2 is 2.00 bits per heavy atom. The third-order valence-corrected chi connectivity index (χ3v) is 3.15. The minimum atomic E-state index is 0.267. The third kappa shape index (κ3) is 4.21. The van der Waals surface area contributed by atoms with Gasteiger partial charge < -0.3 is 14.8 Å². The van der Waals surface area contributed by atoms with Gasteiger partial charge in [-0.2, -0.15) is 0 Å². The molecule has 1 N–H and O–H groups in total. The second-order valence-corrected chi connectivity index (χ2v) is 5.21. The maximum Gasteiger partial charge on any atom is 0.142 e. The molecule has 0 spiro atoms. The van der Waals surface area contributed by atoms with Gasteiger partial charge in [0.05, 0.1) is 25.4 Å². The Labute approximate surface area is 112 Å². The highest BCUT2D eigenvalue weighted by Crippen LogP contribution is 2.29. The van der Waals surface area contributed by atoms with Crippen LogP contribution in [-0.2, 0) is 4.74 Å². The molecule has 1 rings (SSSR count). The molecule has 0 radical (unpaired) electrons. The zero-order chi connectivity index (χ0) is 12.8. The summed E-state index contributed by atoms with van der Waals surface area (Å²) in [4.78, 5) is 0. The normalized spacial score (nSPS) is 12.6. The van der Waals surface area contributed by atoms with Gasteiger partial charge in [-0.1, -0.05) is 29.8 Å². The van der Waals surface area contributed by atoms with Gasteiger partial charge in [-0.15, -0.1) is 0 Å². The highest BCUT2D eigenvalue weighted by molar-refractivity contribution is 9.10. The lowest BCUT2D eigenvalue weighted by Crippen LogP contribution is -2.30. The lowest BCUT2D eigenvalue weighted by molar-refractivity contribution is 0.171. The van der Waals surface area contributed by atoms with Crippen LogP contribution in [0.3, 0.4) is 0 Å². The average molecular weight is 302 g/mol. The Morgan fingerprint density at radius 1 is 1.29 bits per heavy atom. The van der Waals surface area contributed by atoms with E-state index in [4.69, 9.17) is 9.47 Å². The smallest absolute Gasteiger partial charge is 0.142 e. The molecule has 3 nitrogen and oxygen atoms in total. The van der Waals surface area contributed by atoms with E-state index >= 15 is 0 Å². The molecule has 96 valence electrons. The van der Waals surface area contributed by atoms with Crippen LogP contribution in [0.4, 0.5) is 5.69 Å². The number of hydrogen-bond acceptors (Lipinski definition) is 3. The number of hydrogen-bond donors (Lipinski definition) is 1. The van der Waals surface area contributed by atoms with Crippen molar-refractivity contribution in [2.45, 2.75) is 19.9 Å². The van der Waals surface area contributed by atoms with Crippen molar-refractivity contribution in [1.29, 1.82) is 0 Å². The number of nitrogens with one attached hydrogen (secondary N) is 1. The first-order valence-electron chi connectivity index (χ1n) is 5.67. The molecule has 0 saturated heterocycles. The van der Waals surface area contributed by atoms with Gasteiger partial charge >= 0.3 is 0 Å². The van der Waals surface area contributed by atoms with Gasteiger partial charge in [0, 0.05) is 11.6 Å². The fraction of sp³-hybridized carbons (Fsp3) is 0.538. The van der Waals surface area contributed by atoms with E-state index in [-0.39, 0.29) is 6.04 Å². The molecule has 0 saturated carbocycles. The standard InChI is InChI=1S/C13H20BrNO2/c1-9(2)12(8-16-3)15-11-7-10(14)5-6-13(11)17-4/h5-7,9,12,15H,8H2,1-4H3. The zero-order valence-corrected chi connectivity index (χ0v) is 12.4. The number of rotatable bonds is 6. The molecule has 0 amide bonds. The van der Waals surface area contributed by atoms with E-state index < -0.39 is 0 Å². The first-order chi connectivity index (χ1) is 8.08. The number of ether oxygens (including phenoxy) is 2. The summed E-state index contributed by atoms with van der Waals surface area (Å²) in [6.07, 6.45) is 0. The van der Waals surface area contributed by atoms with Gasteiger partial charge in [-0.3, -0.25) is 0 Å². The van der Waals surface area contributed by atoms with Crippen LogP contribution in [0.2, 0.25) is 0 Å². The summed E-state index contributed by atoms with van der Waals surface area (Å²) in [7, 11) is 3.39. The second kappa shape index (κ2) is 6.87. The fourth-order valence-electron chi connectivity index (χ4n) is 1.57. The van der Waals surface area contributed by atoms with Gasteiger partial charge in [0.1, 0.15) is 5.75 Å². The van der Waals surface area contributed by atoms with Crippen LogP contribution in [0.25, 0.3) is 0 Å². The van der Waals surface area contributed by atoms with Crippen molar-refractivity contribution >= 4 is 21.6 Å². The molecule has 0 aliphatic rings. The van der Waals surface area contributed by atoms with Gasteiger partial charge in [-0.05, 0) is 24.1 Å². The molecule has 0 bridgehead atoms. The number of methoxy groups -OCH3 is 2. The molecule has 0 fully saturated rings. The van der Waals surface area contributed by atoms with Crippen molar-refractivity contribution < 1.29 is 9.47 Å². The molecule has 1 aromatic rings. The maximum atomic E-state index is 5.33. The SMILES string of the molecule is COCC(Nc1cc(Br)ccc1OC)C(C)C. The average Bonchev–Trinajstić information content (AvgIpc) is 2.28. The van der Waals surface area contributed by atoms with Crippen LogP contribution in [-0.4, -0.2) is 26.9 Å². The highest BCUT2D eigenvalue weighted by Gasteiger charge is 2.15. The fourth-order valence-corrected chi connectivity index (χ4v) is 1.93. The summed E-state index contributed by atoms with van der Waals surface area (Å²) in [5, 5.41) is 3.46. The van der Waals surface area contributed by atoms with E-state index in [1.54, 1.807) is 14.2 Å². The number of benzene rings is 1. The van der Waals surface area contributed by atoms with Crippen LogP contribution < -0.4 is 10.1 Å². The quantitative estimate of drug-likeness (QED) is 0.872. The molecule has 1 unspecified atom stereocenters. The monoisotopic (exact) mass is 301 g/mol. The van der Waals surface area contributed by atoms with Crippen LogP contribution in [0.15, 0.2) is 22.7 Å². The molecule has 17 heavy (non-hydrogen) atoms. The predicted octanol–water partition coefficient (Wildman–Crippen LogP) is 3.54. The predicted molar refractivity (Wildman–Crippen MR) is 74.8 cm³/mol. The van der Waals surface area contributed by atoms with Gasteiger partial charge in [0.15, 0.2) is 0 Å². The van der Waals surface area contributed by atoms with Crippen molar-refractivity contribution in [3.8, 4) is 5.75 Å². The third-order valence-electron chi connectivity index (χ3n) is 2.65. The Hall–Kier alpha value is -0.740. The van der Waals surface area contributed by atoms with Crippen molar-refractivity contribution in [3.05, 3.63) is 22.7 Å². The second-order valence-electron chi connectivity index (χ2n) is 4.29. The van der Waals surface area contributed by atoms with Crippen molar-refractivity contribution in [2.75, 3.05) is 26.1 Å². The summed E-state index contributed by atoms with van der Waals surface area (Å²) >= 11 is 3.46. The maximum absolute atomic E-state index is 5.33. The van der Waals surface area contributed by atoms with Crippen LogP contribution >= 0.6 is 15.9 Å². The van der Waals surface area contributed by atoms with E-state index in [1.807, 2.05) is 18.2 Å². The molecule has 0 aliphatic carbocycles. The van der Waals surface area contributed by atoms with Gasteiger partial charge in [-0.25, -0.2) is 0 Å². The van der Waals surface area contributed by atoms with E-state index in [2.05, 4.69) is 35.1 Å². The molecule has 0 aliphatic heterocycles. The van der Waals surface area contributed by atoms with Crippen LogP contribution in [0.1, 0.15) is 13.8 Å². The summed E-state index contributed by atoms with van der Waals surface area (Å²) in [5.74, 6) is 1.33. The van der Waals surface area contributed by atoms with Gasteiger partial charge in [0.25, 0.3) is 0 Å². The van der Waals surface area contributed by atoms with E-state index in [0.717, 1.165) is 15.9 Å². The number of anilines is 1. The number of halogens is 1. The molecule has 1 atom stereocenters. The summed E-state index contributed by atoms with van der Waals surface area (Å²) < 4.78 is 11.6. The largest absolute Gasteiger partial charge is 0.495 e. The van der Waals surface area contributed by atoms with Crippen LogP contribution in [0, 0.1) is 5.92 Å². The minimum absolute atomic E-state index is 0.267. The Kier molecular flexibility index (Phi) is 5.78. The minimum Gasteiger partial charge on any atom is -0.495 e. The zero-order valence-electron chi connectivity index (χ0n) is 10.8. The topological polar surface area (TPSA) is 30.5 Å². The van der Waals surface area contributed by atoms with Gasteiger partial charge in [0.2, 0.25) is 0 Å². The lowest BCUT2D eigenvalue weighted by Gasteiger charge is -2.24. The first kappa shape index (κ1) is 14.3. The molecule has 4 heteroatoms. The van der Waals surface area contributed by atoms with Crippen molar-refractivity contribution in [2.24, 2.45) is 5.92 Å². The summed E-state index contributed by atoms with van der Waals surface area (Å²) in [6, 6.07) is 6.19. The first-order valence-corrected chi connectivity index (χ1v) is 6.46. The molecule has 0 aromatic heterocycles. The van der Waals surface area contributed by atoms with Crippen molar-refractivity contribution in [1.82, 2.24) is 0 Å². The Balaban J connectivity index is 2.87. The summed E-state index contributed by atoms with van der Waals surface area (Å²) in [5.41, 5.74) is 0.984. The van der Waals surface area contributed by atoms with Crippen LogP contribution in [0.5, 0.6) is 5.75 Å². The van der Waals surface area contributed by atoms with Crippen molar-refractivity contribution in [3.63, 3.8) is 0 Å². The van der Waals surface area contributed by atoms with E-state index in [1.165, 1.54) is 0 Å². The molecule has 1 aromatic carbocycles. The molecule has 0 heterocycles. The Bertz CT molecular complexity index is 355. The molecular formula is C13H20BrNO2. The van der Waals surface area contributed by atoms with E-state index in [9.17, 15) is 0 Å². The lowest BCUT2D eigenvalue weighted by atomic mass is 10.0. The Morgan fingerprint density at radius 3 is 2.53 bits per heavy atom. The van der Waals surface area contributed by atoms with E-state index in [0.29, 0.717) is 12.5 Å². The highest BCUT2D eigenvalue weighted by atomic mass is 79.9. The molecular weight excluding hydrogens is 282 g/mol. The summed E-state index contributed by atoms with van der Waals surface area (Å²) in [6.45, 7) is 5.01.